The van der Waals surface area contributed by atoms with Crippen LogP contribution in [-0.2, 0) is 15.8 Å². The first-order valence-electron chi connectivity index (χ1n) is 8.31. The Kier molecular flexibility index (Phi) is 5.69. The number of thioether (sulfide) groups is 1. The van der Waals surface area contributed by atoms with Gasteiger partial charge in [-0.15, -0.1) is 11.8 Å². The van der Waals surface area contributed by atoms with Gasteiger partial charge in [0.2, 0.25) is 0 Å². The van der Waals surface area contributed by atoms with E-state index in [1.165, 1.54) is 11.1 Å². The smallest absolute Gasteiger partial charge is 0.261 e. The zero-order valence-electron chi connectivity index (χ0n) is 14.8. The van der Waals surface area contributed by atoms with Crippen molar-refractivity contribution in [3.8, 4) is 0 Å². The molecule has 26 heavy (non-hydrogen) atoms. The van der Waals surface area contributed by atoms with Crippen LogP contribution in [0.3, 0.4) is 0 Å². The molecule has 0 aliphatic carbocycles. The number of rotatable bonds is 6. The molecule has 0 bridgehead atoms. The summed E-state index contributed by atoms with van der Waals surface area (Å²) < 4.78 is 28.0. The molecule has 0 aromatic heterocycles. The summed E-state index contributed by atoms with van der Waals surface area (Å²) in [6, 6.07) is 22.7. The van der Waals surface area contributed by atoms with Gasteiger partial charge in [-0.2, -0.15) is 0 Å². The molecule has 0 saturated heterocycles. The number of anilines is 1. The molecule has 3 aromatic rings. The van der Waals surface area contributed by atoms with Gasteiger partial charge in [0, 0.05) is 10.6 Å². The van der Waals surface area contributed by atoms with Crippen LogP contribution in [0.15, 0.2) is 82.6 Å². The van der Waals surface area contributed by atoms with Crippen LogP contribution < -0.4 is 4.72 Å². The highest BCUT2D eigenvalue weighted by Crippen LogP contribution is 2.31. The second kappa shape index (κ2) is 7.98. The van der Waals surface area contributed by atoms with Crippen molar-refractivity contribution < 1.29 is 8.42 Å². The SMILES string of the molecule is Cc1ccc(CSc2ccccc2NS(=O)(=O)c2ccc(C)cc2)cc1. The van der Waals surface area contributed by atoms with E-state index in [1.807, 2.05) is 25.1 Å². The molecule has 0 heterocycles. The summed E-state index contributed by atoms with van der Waals surface area (Å²) in [4.78, 5) is 1.17. The van der Waals surface area contributed by atoms with Crippen molar-refractivity contribution >= 4 is 27.5 Å². The number of aryl methyl sites for hydroxylation is 2. The highest BCUT2D eigenvalue weighted by atomic mass is 32.2. The van der Waals surface area contributed by atoms with E-state index in [4.69, 9.17) is 0 Å². The molecule has 0 aliphatic rings. The predicted octanol–water partition coefficient (Wildman–Crippen LogP) is 5.40. The third-order valence-electron chi connectivity index (χ3n) is 3.98. The largest absolute Gasteiger partial charge is 0.278 e. The lowest BCUT2D eigenvalue weighted by Crippen LogP contribution is -2.13. The van der Waals surface area contributed by atoms with E-state index in [0.717, 1.165) is 16.2 Å². The molecule has 0 aliphatic heterocycles. The van der Waals surface area contributed by atoms with Gasteiger partial charge in [-0.3, -0.25) is 4.72 Å². The summed E-state index contributed by atoms with van der Waals surface area (Å²) in [6.45, 7) is 3.99. The Balaban J connectivity index is 1.78. The fourth-order valence-corrected chi connectivity index (χ4v) is 4.55. The van der Waals surface area contributed by atoms with Crippen LogP contribution >= 0.6 is 11.8 Å². The monoisotopic (exact) mass is 383 g/mol. The van der Waals surface area contributed by atoms with Crippen molar-refractivity contribution in [3.63, 3.8) is 0 Å². The highest BCUT2D eigenvalue weighted by molar-refractivity contribution is 7.98. The third-order valence-corrected chi connectivity index (χ3v) is 6.50. The first-order valence-corrected chi connectivity index (χ1v) is 10.8. The second-order valence-corrected chi connectivity index (χ2v) is 8.89. The van der Waals surface area contributed by atoms with Gasteiger partial charge >= 0.3 is 0 Å². The number of sulfonamides is 1. The molecule has 0 saturated carbocycles. The van der Waals surface area contributed by atoms with E-state index in [2.05, 4.69) is 35.9 Å². The normalized spacial score (nSPS) is 11.3. The standard InChI is InChI=1S/C21H21NO2S2/c1-16-7-11-18(12-8-16)15-25-21-6-4-3-5-20(21)22-26(23,24)19-13-9-17(2)10-14-19/h3-14,22H,15H2,1-2H3. The van der Waals surface area contributed by atoms with Crippen molar-refractivity contribution in [2.24, 2.45) is 0 Å². The average molecular weight is 384 g/mol. The van der Waals surface area contributed by atoms with Crippen molar-refractivity contribution in [3.05, 3.63) is 89.5 Å². The first-order chi connectivity index (χ1) is 12.4. The molecule has 0 spiro atoms. The Hall–Kier alpha value is -2.24. The summed E-state index contributed by atoms with van der Waals surface area (Å²) in [6.07, 6.45) is 0. The second-order valence-electron chi connectivity index (χ2n) is 6.19. The van der Waals surface area contributed by atoms with E-state index >= 15 is 0 Å². The fraction of sp³-hybridized carbons (Fsp3) is 0.143. The van der Waals surface area contributed by atoms with Crippen LogP contribution in [0.5, 0.6) is 0 Å². The molecule has 0 amide bonds. The zero-order chi connectivity index (χ0) is 18.6. The van der Waals surface area contributed by atoms with Gasteiger partial charge in [0.05, 0.1) is 10.6 Å². The maximum Gasteiger partial charge on any atom is 0.261 e. The maximum absolute atomic E-state index is 12.7. The number of hydrogen-bond acceptors (Lipinski definition) is 3. The lowest BCUT2D eigenvalue weighted by atomic mass is 10.2. The molecular weight excluding hydrogens is 362 g/mol. The molecule has 0 fully saturated rings. The van der Waals surface area contributed by atoms with Crippen LogP contribution in [0, 0.1) is 13.8 Å². The Labute approximate surface area is 159 Å². The van der Waals surface area contributed by atoms with Gasteiger partial charge in [0.25, 0.3) is 10.0 Å². The molecule has 0 unspecified atom stereocenters. The van der Waals surface area contributed by atoms with Gasteiger partial charge in [-0.05, 0) is 43.7 Å². The van der Waals surface area contributed by atoms with E-state index in [0.29, 0.717) is 5.69 Å². The predicted molar refractivity (Wildman–Crippen MR) is 109 cm³/mol. The van der Waals surface area contributed by atoms with Gasteiger partial charge in [-0.25, -0.2) is 8.42 Å². The summed E-state index contributed by atoms with van der Waals surface area (Å²) in [5, 5.41) is 0. The molecule has 0 atom stereocenters. The topological polar surface area (TPSA) is 46.2 Å². The van der Waals surface area contributed by atoms with E-state index in [-0.39, 0.29) is 4.90 Å². The van der Waals surface area contributed by atoms with Crippen LogP contribution in [0.1, 0.15) is 16.7 Å². The number of para-hydroxylation sites is 1. The summed E-state index contributed by atoms with van der Waals surface area (Å²) in [5.41, 5.74) is 4.06. The van der Waals surface area contributed by atoms with Gasteiger partial charge in [-0.1, -0.05) is 59.7 Å². The molecular formula is C21H21NO2S2. The van der Waals surface area contributed by atoms with Crippen molar-refractivity contribution in [2.45, 2.75) is 29.4 Å². The Bertz CT molecular complexity index is 979. The van der Waals surface area contributed by atoms with Gasteiger partial charge < -0.3 is 0 Å². The minimum atomic E-state index is -3.60. The zero-order valence-corrected chi connectivity index (χ0v) is 16.4. The summed E-state index contributed by atoms with van der Waals surface area (Å²) in [5.74, 6) is 0.781. The molecule has 3 aromatic carbocycles. The Morgan fingerprint density at radius 1 is 0.808 bits per heavy atom. The lowest BCUT2D eigenvalue weighted by Gasteiger charge is -2.12. The van der Waals surface area contributed by atoms with Gasteiger partial charge in [0.15, 0.2) is 0 Å². The van der Waals surface area contributed by atoms with Crippen LogP contribution in [0.4, 0.5) is 5.69 Å². The quantitative estimate of drug-likeness (QED) is 0.580. The summed E-state index contributed by atoms with van der Waals surface area (Å²) >= 11 is 1.62. The Morgan fingerprint density at radius 2 is 1.38 bits per heavy atom. The van der Waals surface area contributed by atoms with Crippen LogP contribution in [-0.4, -0.2) is 8.42 Å². The van der Waals surface area contributed by atoms with E-state index in [9.17, 15) is 8.42 Å². The molecule has 1 N–H and O–H groups in total. The third kappa shape index (κ3) is 4.68. The molecule has 0 radical (unpaired) electrons. The molecule has 134 valence electrons. The Morgan fingerprint density at radius 3 is 2.04 bits per heavy atom. The highest BCUT2D eigenvalue weighted by Gasteiger charge is 2.15. The van der Waals surface area contributed by atoms with Crippen molar-refractivity contribution in [1.29, 1.82) is 0 Å². The molecule has 3 nitrogen and oxygen atoms in total. The minimum absolute atomic E-state index is 0.265. The first kappa shape index (κ1) is 18.5. The fourth-order valence-electron chi connectivity index (χ4n) is 2.44. The molecule has 3 rings (SSSR count). The lowest BCUT2D eigenvalue weighted by molar-refractivity contribution is 0.601. The van der Waals surface area contributed by atoms with Crippen molar-refractivity contribution in [2.75, 3.05) is 4.72 Å². The van der Waals surface area contributed by atoms with E-state index < -0.39 is 10.0 Å². The van der Waals surface area contributed by atoms with Crippen LogP contribution in [0.2, 0.25) is 0 Å². The van der Waals surface area contributed by atoms with Gasteiger partial charge in [0.1, 0.15) is 0 Å². The van der Waals surface area contributed by atoms with Crippen molar-refractivity contribution in [1.82, 2.24) is 0 Å². The number of benzene rings is 3. The minimum Gasteiger partial charge on any atom is -0.278 e. The number of nitrogens with one attached hydrogen (secondary N) is 1. The average Bonchev–Trinajstić information content (AvgIpc) is 2.62. The number of hydrogen-bond donors (Lipinski definition) is 1. The summed E-state index contributed by atoms with van der Waals surface area (Å²) in [7, 11) is -3.60. The van der Waals surface area contributed by atoms with E-state index in [1.54, 1.807) is 42.1 Å². The van der Waals surface area contributed by atoms with Crippen LogP contribution in [0.25, 0.3) is 0 Å². The molecule has 5 heteroatoms. The maximum atomic E-state index is 12.7.